The minimum atomic E-state index is -1.93. The molecule has 1 saturated heterocycles. The smallest absolute Gasteiger partial charge is 0.293 e. The van der Waals surface area contributed by atoms with Crippen molar-refractivity contribution in [2.45, 2.75) is 69.8 Å². The second-order valence-corrected chi connectivity index (χ2v) is 12.4. The number of quaternary nitrogens is 1. The summed E-state index contributed by atoms with van der Waals surface area (Å²) in [5, 5.41) is 28.6. The molecule has 8 unspecified atom stereocenters. The normalized spacial score (nSPS) is 48.8. The van der Waals surface area contributed by atoms with E-state index in [1.165, 1.54) is 4.90 Å². The number of likely N-dealkylation sites (tertiary alicyclic amines) is 1. The van der Waals surface area contributed by atoms with Gasteiger partial charge in [-0.15, -0.1) is 0 Å². The first kappa shape index (κ1) is 23.6. The fourth-order valence-corrected chi connectivity index (χ4v) is 11.1. The van der Waals surface area contributed by atoms with E-state index in [0.717, 1.165) is 63.7 Å². The van der Waals surface area contributed by atoms with Crippen LogP contribution >= 0.6 is 0 Å². The van der Waals surface area contributed by atoms with Gasteiger partial charge in [0.2, 0.25) is 0 Å². The predicted octanol–water partition coefficient (Wildman–Crippen LogP) is -0.828. The van der Waals surface area contributed by atoms with Crippen LogP contribution in [0.2, 0.25) is 0 Å². The molecular weight excluding hydrogens is 444 g/mol. The summed E-state index contributed by atoms with van der Waals surface area (Å²) < 4.78 is 0. The molecule has 2 spiro atoms. The van der Waals surface area contributed by atoms with Crippen molar-refractivity contribution < 1.29 is 24.7 Å². The van der Waals surface area contributed by atoms with Gasteiger partial charge >= 0.3 is 0 Å². The number of aliphatic imine (C=N–C) groups is 1. The lowest BCUT2D eigenvalue weighted by Crippen LogP contribution is -3.19. The predicted molar refractivity (Wildman–Crippen MR) is 128 cm³/mol. The number of hydrogen-bond acceptors (Lipinski definition) is 6. The summed E-state index contributed by atoms with van der Waals surface area (Å²) >= 11 is 0. The largest absolute Gasteiger partial charge is 0.545 e. The van der Waals surface area contributed by atoms with E-state index in [-0.39, 0.29) is 40.4 Å². The highest BCUT2D eigenvalue weighted by molar-refractivity contribution is 6.04. The van der Waals surface area contributed by atoms with Crippen LogP contribution in [0.15, 0.2) is 16.1 Å². The molecule has 192 valence electrons. The van der Waals surface area contributed by atoms with Crippen LogP contribution in [0.25, 0.3) is 0 Å². The topological polar surface area (TPSA) is 132 Å². The molecule has 8 heteroatoms. The Labute approximate surface area is 207 Å². The van der Waals surface area contributed by atoms with E-state index in [2.05, 4.69) is 10.3 Å². The second kappa shape index (κ2) is 7.62. The zero-order valence-corrected chi connectivity index (χ0v) is 21.1. The van der Waals surface area contributed by atoms with Crippen LogP contribution in [0.3, 0.4) is 0 Å². The number of carboxylic acids is 1. The van der Waals surface area contributed by atoms with Crippen LogP contribution in [0.4, 0.5) is 0 Å². The third-order valence-corrected chi connectivity index (χ3v) is 11.8. The second-order valence-electron chi connectivity index (χ2n) is 12.4. The molecule has 8 nitrogen and oxygen atoms in total. The molecule has 1 heterocycles. The first-order valence-electron chi connectivity index (χ1n) is 13.7. The number of carbonyl (C=O) groups is 2. The average Bonchev–Trinajstić information content (AvgIpc) is 3.18. The first-order valence-corrected chi connectivity index (χ1v) is 13.7. The molecular formula is C27H40N4O4. The summed E-state index contributed by atoms with van der Waals surface area (Å²) in [6.07, 6.45) is 8.21. The highest BCUT2D eigenvalue weighted by Gasteiger charge is 2.85. The number of hydrogen-bond donors (Lipinski definition) is 4. The van der Waals surface area contributed by atoms with Gasteiger partial charge < -0.3 is 26.1 Å². The van der Waals surface area contributed by atoms with E-state index in [1.807, 2.05) is 7.05 Å². The van der Waals surface area contributed by atoms with Crippen molar-refractivity contribution in [1.29, 1.82) is 0 Å². The number of aliphatic carboxylic acids is 1. The molecule has 6 rings (SSSR count). The van der Waals surface area contributed by atoms with Crippen molar-refractivity contribution >= 4 is 17.7 Å². The third-order valence-electron chi connectivity index (χ3n) is 11.8. The maximum atomic E-state index is 13.7. The van der Waals surface area contributed by atoms with Gasteiger partial charge in [-0.2, -0.15) is 0 Å². The Morgan fingerprint density at radius 1 is 1.23 bits per heavy atom. The molecule has 5 aliphatic carbocycles. The number of aliphatic hydroxyl groups is 1. The molecule has 8 atom stereocenters. The van der Waals surface area contributed by atoms with Gasteiger partial charge in [0.15, 0.2) is 11.4 Å². The molecule has 3 bridgehead atoms. The fourth-order valence-electron chi connectivity index (χ4n) is 11.1. The molecule has 6 aliphatic rings. The number of Topliss-reactive ketones (excluding diaryl/α,β-unsaturated/α-hetero) is 1. The zero-order chi connectivity index (χ0) is 24.8. The Kier molecular flexibility index (Phi) is 5.14. The minimum Gasteiger partial charge on any atom is -0.545 e. The van der Waals surface area contributed by atoms with Gasteiger partial charge in [-0.25, -0.2) is 4.99 Å². The molecule has 0 aromatic carbocycles. The number of allylic oxidation sites excluding steroid dienone is 1. The van der Waals surface area contributed by atoms with Crippen molar-refractivity contribution in [1.82, 2.24) is 5.32 Å². The van der Waals surface area contributed by atoms with E-state index >= 15 is 0 Å². The Morgan fingerprint density at radius 3 is 2.71 bits per heavy atom. The van der Waals surface area contributed by atoms with Crippen LogP contribution in [-0.4, -0.2) is 62.1 Å². The zero-order valence-electron chi connectivity index (χ0n) is 21.1. The highest BCUT2D eigenvalue weighted by atomic mass is 16.4. The van der Waals surface area contributed by atoms with Crippen LogP contribution in [0.5, 0.6) is 0 Å². The Hall–Kier alpha value is -1.77. The summed E-state index contributed by atoms with van der Waals surface area (Å²) in [7, 11) is 3.76. The number of carbonyl (C=O) groups excluding carboxylic acids is 2. The minimum absolute atomic E-state index is 0.0275. The standard InChI is InChI=1S/C27H40N4O4/c1-29-14-24-10-9-19-26-16-5-3-4-6-20(32)27(19,35)21(22(33)34)18(26)13-17(8-7-16)25(24,26)15-31(12-11-24)23(28)30-2/h16-17,19,29,35H,3-15H2,1-2H3,(H2,28,30)(H,33,34). The molecule has 5 fully saturated rings. The lowest BCUT2D eigenvalue weighted by Gasteiger charge is -2.70. The quantitative estimate of drug-likeness (QED) is 0.305. The summed E-state index contributed by atoms with van der Waals surface area (Å²) in [5.41, 5.74) is 4.60. The molecule has 4 saturated carbocycles. The monoisotopic (exact) mass is 484 g/mol. The van der Waals surface area contributed by atoms with Crippen molar-refractivity contribution in [2.75, 3.05) is 33.7 Å². The van der Waals surface area contributed by atoms with Gasteiger partial charge in [0.1, 0.15) is 0 Å². The lowest BCUT2D eigenvalue weighted by molar-refractivity contribution is -0.832. The number of nitrogens with zero attached hydrogens (tertiary/aromatic N) is 1. The number of rotatable bonds is 3. The molecule has 1 aliphatic heterocycles. The van der Waals surface area contributed by atoms with E-state index in [0.29, 0.717) is 31.1 Å². The van der Waals surface area contributed by atoms with E-state index in [1.54, 1.807) is 7.05 Å². The lowest BCUT2D eigenvalue weighted by atomic mass is 9.34. The van der Waals surface area contributed by atoms with E-state index < -0.39 is 17.0 Å². The van der Waals surface area contributed by atoms with Crippen molar-refractivity contribution in [3.8, 4) is 0 Å². The van der Waals surface area contributed by atoms with Crippen LogP contribution in [-0.2, 0) is 9.59 Å². The van der Waals surface area contributed by atoms with Gasteiger partial charge in [-0.3, -0.25) is 9.69 Å². The van der Waals surface area contributed by atoms with Gasteiger partial charge in [0.25, 0.3) is 5.96 Å². The molecule has 0 aromatic rings. The van der Waals surface area contributed by atoms with Gasteiger partial charge in [-0.1, -0.05) is 12.0 Å². The van der Waals surface area contributed by atoms with Crippen molar-refractivity contribution in [2.24, 2.45) is 44.7 Å². The Morgan fingerprint density at radius 2 is 2.00 bits per heavy atom. The van der Waals surface area contributed by atoms with Crippen LogP contribution in [0, 0.1) is 34.0 Å². The number of ketones is 1. The number of guanidine groups is 1. The van der Waals surface area contributed by atoms with Crippen LogP contribution in [0.1, 0.15) is 64.2 Å². The summed E-state index contributed by atoms with van der Waals surface area (Å²) in [6, 6.07) is 0. The average molecular weight is 485 g/mol. The highest BCUT2D eigenvalue weighted by Crippen LogP contribution is 2.84. The fraction of sp³-hybridized carbons (Fsp3) is 0.815. The third kappa shape index (κ3) is 2.47. The maximum absolute atomic E-state index is 13.7. The van der Waals surface area contributed by atoms with E-state index in [9.17, 15) is 19.8 Å². The van der Waals surface area contributed by atoms with E-state index in [4.69, 9.17) is 5.73 Å². The molecule has 0 aromatic heterocycles. The number of nitrogens with one attached hydrogen (secondary N) is 2. The Bertz CT molecular complexity index is 1040. The van der Waals surface area contributed by atoms with Crippen molar-refractivity contribution in [3.63, 3.8) is 0 Å². The number of piperidine rings is 1. The SMILES string of the molecule is CN=C(N)[NH+]1CCC2(CNC)CCC3C4(O)C(=O)CCCCC5CCC6CC(=C4C(=O)[O-])C53C62C1. The molecule has 35 heavy (non-hydrogen) atoms. The first-order chi connectivity index (χ1) is 16.7. The van der Waals surface area contributed by atoms with Gasteiger partial charge in [0, 0.05) is 54.2 Å². The maximum Gasteiger partial charge on any atom is 0.293 e. The number of carboxylic acid groups (broad SMARTS) is 1. The Balaban J connectivity index is 1.69. The molecule has 0 amide bonds. The summed E-state index contributed by atoms with van der Waals surface area (Å²) in [4.78, 5) is 32.1. The molecule has 5 N–H and O–H groups in total. The molecule has 0 radical (unpaired) electrons. The van der Waals surface area contributed by atoms with Crippen LogP contribution < -0.4 is 21.1 Å². The van der Waals surface area contributed by atoms with Gasteiger partial charge in [0.05, 0.1) is 19.1 Å². The summed E-state index contributed by atoms with van der Waals surface area (Å²) in [6.45, 7) is 2.56. The number of nitrogens with two attached hydrogens (primary N) is 1. The van der Waals surface area contributed by atoms with Gasteiger partial charge in [-0.05, 0) is 63.8 Å². The van der Waals surface area contributed by atoms with Crippen molar-refractivity contribution in [3.05, 3.63) is 11.1 Å². The summed E-state index contributed by atoms with van der Waals surface area (Å²) in [5.74, 6) is -0.826.